The monoisotopic (exact) mass is 572 g/mol. The summed E-state index contributed by atoms with van der Waals surface area (Å²) in [5.41, 5.74) is 1.19. The average Bonchev–Trinajstić information content (AvgIpc) is 2.61. The molecule has 0 heterocycles. The summed E-state index contributed by atoms with van der Waals surface area (Å²) in [5, 5.41) is 21.2. The first-order valence-electron chi connectivity index (χ1n) is 7.39. The number of ether oxygens (including phenoxy) is 1. The number of aromatic hydroxyl groups is 1. The van der Waals surface area contributed by atoms with Crippen LogP contribution in [0.2, 0.25) is 0 Å². The summed E-state index contributed by atoms with van der Waals surface area (Å²) in [7, 11) is 0. The van der Waals surface area contributed by atoms with Crippen molar-refractivity contribution in [3.63, 3.8) is 0 Å². The minimum atomic E-state index is -0.518. The van der Waals surface area contributed by atoms with Gasteiger partial charge in [0.05, 0.1) is 7.14 Å². The maximum Gasteiger partial charge on any atom is 0.266 e. The average molecular weight is 572 g/mol. The van der Waals surface area contributed by atoms with E-state index in [0.29, 0.717) is 12.3 Å². The minimum absolute atomic E-state index is 0.0237. The highest BCUT2D eigenvalue weighted by atomic mass is 127. The Morgan fingerprint density at radius 3 is 2.42 bits per heavy atom. The fourth-order valence-corrected chi connectivity index (χ4v) is 4.13. The molecule has 0 aliphatic rings. The van der Waals surface area contributed by atoms with Gasteiger partial charge < -0.3 is 15.2 Å². The summed E-state index contributed by atoms with van der Waals surface area (Å²) < 4.78 is 7.37. The number of nitrogens with zero attached hydrogens (tertiary/aromatic N) is 1. The van der Waals surface area contributed by atoms with Crippen LogP contribution < -0.4 is 10.1 Å². The van der Waals surface area contributed by atoms with Crippen LogP contribution in [0.4, 0.5) is 5.69 Å². The largest absolute Gasteiger partial charge is 0.508 e. The molecule has 1 amide bonds. The van der Waals surface area contributed by atoms with Crippen molar-refractivity contribution in [3.05, 3.63) is 67.3 Å². The molecule has 26 heavy (non-hydrogen) atoms. The number of nitriles is 1. The molecule has 7 heteroatoms. The van der Waals surface area contributed by atoms with Gasteiger partial charge >= 0.3 is 0 Å². The summed E-state index contributed by atoms with van der Waals surface area (Å²) >= 11 is 4.30. The van der Waals surface area contributed by atoms with E-state index in [1.54, 1.807) is 18.2 Å². The Kier molecular flexibility index (Phi) is 7.47. The lowest BCUT2D eigenvalue weighted by Crippen LogP contribution is -2.13. The number of hydrogen-bond acceptors (Lipinski definition) is 4. The maximum atomic E-state index is 12.3. The number of carbonyl (C=O) groups excluding carboxylic acids is 1. The van der Waals surface area contributed by atoms with Gasteiger partial charge in [-0.2, -0.15) is 5.26 Å². The van der Waals surface area contributed by atoms with E-state index in [1.165, 1.54) is 18.2 Å². The molecule has 5 nitrogen and oxygen atoms in total. The molecule has 0 spiro atoms. The van der Waals surface area contributed by atoms with Gasteiger partial charge in [0.2, 0.25) is 0 Å². The van der Waals surface area contributed by atoms with E-state index in [0.717, 1.165) is 18.5 Å². The molecule has 0 saturated carbocycles. The maximum absolute atomic E-state index is 12.3. The van der Waals surface area contributed by atoms with Crippen LogP contribution >= 0.6 is 45.2 Å². The van der Waals surface area contributed by atoms with E-state index in [1.807, 2.05) is 18.2 Å². The minimum Gasteiger partial charge on any atom is -0.508 e. The van der Waals surface area contributed by atoms with Crippen molar-refractivity contribution in [2.24, 2.45) is 0 Å². The Hall–Kier alpha value is -2.06. The van der Waals surface area contributed by atoms with Crippen molar-refractivity contribution >= 4 is 62.9 Å². The number of hydrogen-bond donors (Lipinski definition) is 2. The van der Waals surface area contributed by atoms with Gasteiger partial charge in [-0.25, -0.2) is 0 Å². The Balaban J connectivity index is 2.24. The number of carbonyl (C=O) groups is 1. The summed E-state index contributed by atoms with van der Waals surface area (Å²) in [6.45, 7) is 4.03. The standard InChI is InChI=1S/C19H14I2N2O3/c1-2-7-26-18-16(20)9-12(10-17(18)21)8-13(11-22)19(25)23-14-3-5-15(24)6-4-14/h2-6,8-10,24H,1,7H2,(H,23,25)/b13-8+. The molecule has 0 aliphatic carbocycles. The zero-order valence-corrected chi connectivity index (χ0v) is 17.8. The van der Waals surface area contributed by atoms with Gasteiger partial charge in [-0.3, -0.25) is 4.79 Å². The topological polar surface area (TPSA) is 82.3 Å². The fraction of sp³-hybridized carbons (Fsp3) is 0.0526. The number of phenols is 1. The molecule has 2 rings (SSSR count). The van der Waals surface area contributed by atoms with Crippen molar-refractivity contribution in [1.29, 1.82) is 5.26 Å². The first-order chi connectivity index (χ1) is 12.4. The van der Waals surface area contributed by atoms with Crippen LogP contribution in [-0.2, 0) is 4.79 Å². The van der Waals surface area contributed by atoms with Crippen molar-refractivity contribution in [2.45, 2.75) is 0 Å². The van der Waals surface area contributed by atoms with Gasteiger partial charge in [0, 0.05) is 5.69 Å². The second-order valence-corrected chi connectivity index (χ2v) is 7.41. The first kappa shape index (κ1) is 20.3. The highest BCUT2D eigenvalue weighted by molar-refractivity contribution is 14.1. The lowest BCUT2D eigenvalue weighted by molar-refractivity contribution is -0.112. The second-order valence-electron chi connectivity index (χ2n) is 5.08. The van der Waals surface area contributed by atoms with Gasteiger partial charge in [-0.15, -0.1) is 0 Å². The van der Waals surface area contributed by atoms with Gasteiger partial charge in [-0.1, -0.05) is 12.7 Å². The molecular formula is C19H14I2N2O3. The number of amides is 1. The van der Waals surface area contributed by atoms with E-state index >= 15 is 0 Å². The molecule has 2 N–H and O–H groups in total. The zero-order valence-electron chi connectivity index (χ0n) is 13.5. The van der Waals surface area contributed by atoms with Crippen LogP contribution in [0.1, 0.15) is 5.56 Å². The quantitative estimate of drug-likeness (QED) is 0.173. The SMILES string of the molecule is C=CCOc1c(I)cc(/C=C(\C#N)C(=O)Nc2ccc(O)cc2)cc1I. The smallest absolute Gasteiger partial charge is 0.266 e. The van der Waals surface area contributed by atoms with Gasteiger partial charge in [0.15, 0.2) is 0 Å². The molecule has 0 radical (unpaired) electrons. The number of rotatable bonds is 6. The summed E-state index contributed by atoms with van der Waals surface area (Å²) in [6, 6.07) is 11.6. The number of anilines is 1. The Bertz CT molecular complexity index is 877. The van der Waals surface area contributed by atoms with Crippen molar-refractivity contribution in [3.8, 4) is 17.6 Å². The van der Waals surface area contributed by atoms with Crippen LogP contribution in [0, 0.1) is 18.5 Å². The highest BCUT2D eigenvalue weighted by Crippen LogP contribution is 2.30. The van der Waals surface area contributed by atoms with Crippen LogP contribution in [0.5, 0.6) is 11.5 Å². The summed E-state index contributed by atoms with van der Waals surface area (Å²) in [5.74, 6) is 0.326. The third-order valence-electron chi connectivity index (χ3n) is 3.17. The van der Waals surface area contributed by atoms with Crippen molar-refractivity contribution in [1.82, 2.24) is 0 Å². The molecule has 132 valence electrons. The van der Waals surface area contributed by atoms with Crippen LogP contribution in [-0.4, -0.2) is 17.6 Å². The van der Waals surface area contributed by atoms with Gasteiger partial charge in [0.1, 0.15) is 29.7 Å². The Morgan fingerprint density at radius 2 is 1.88 bits per heavy atom. The second kappa shape index (κ2) is 9.59. The number of nitrogens with one attached hydrogen (secondary N) is 1. The summed E-state index contributed by atoms with van der Waals surface area (Å²) in [4.78, 5) is 12.3. The lowest BCUT2D eigenvalue weighted by atomic mass is 10.1. The summed E-state index contributed by atoms with van der Waals surface area (Å²) in [6.07, 6.45) is 3.19. The molecule has 0 aliphatic heterocycles. The first-order valence-corrected chi connectivity index (χ1v) is 9.55. The van der Waals surface area contributed by atoms with Crippen LogP contribution in [0.15, 0.2) is 54.6 Å². The number of benzene rings is 2. The van der Waals surface area contributed by atoms with E-state index < -0.39 is 5.91 Å². The van der Waals surface area contributed by atoms with Gasteiger partial charge in [0.25, 0.3) is 5.91 Å². The Labute approximate surface area is 178 Å². The molecule has 0 bridgehead atoms. The number of halogens is 2. The molecule has 0 aromatic heterocycles. The molecule has 0 saturated heterocycles. The molecule has 2 aromatic rings. The third-order valence-corrected chi connectivity index (χ3v) is 4.77. The molecule has 0 fully saturated rings. The van der Waals surface area contributed by atoms with Crippen molar-refractivity contribution < 1.29 is 14.6 Å². The van der Waals surface area contributed by atoms with Crippen LogP contribution in [0.25, 0.3) is 6.08 Å². The Morgan fingerprint density at radius 1 is 1.27 bits per heavy atom. The molecule has 0 unspecified atom stereocenters. The highest BCUT2D eigenvalue weighted by Gasteiger charge is 2.12. The van der Waals surface area contributed by atoms with E-state index in [-0.39, 0.29) is 11.3 Å². The molecule has 0 atom stereocenters. The van der Waals surface area contributed by atoms with Crippen molar-refractivity contribution in [2.75, 3.05) is 11.9 Å². The fourth-order valence-electron chi connectivity index (χ4n) is 2.00. The predicted molar refractivity (Wildman–Crippen MR) is 118 cm³/mol. The lowest BCUT2D eigenvalue weighted by Gasteiger charge is -2.10. The molecular weight excluding hydrogens is 558 g/mol. The third kappa shape index (κ3) is 5.47. The van der Waals surface area contributed by atoms with Gasteiger partial charge in [-0.05, 0) is 93.2 Å². The van der Waals surface area contributed by atoms with E-state index in [4.69, 9.17) is 4.74 Å². The number of phenolic OH excluding ortho intramolecular Hbond substituents is 1. The van der Waals surface area contributed by atoms with E-state index in [9.17, 15) is 15.2 Å². The normalized spacial score (nSPS) is 10.7. The molecule has 2 aromatic carbocycles. The van der Waals surface area contributed by atoms with Crippen LogP contribution in [0.3, 0.4) is 0 Å². The zero-order chi connectivity index (χ0) is 19.1. The predicted octanol–water partition coefficient (Wildman–Crippen LogP) is 4.71. The van der Waals surface area contributed by atoms with E-state index in [2.05, 4.69) is 57.1 Å².